The quantitative estimate of drug-likeness (QED) is 0.542. The average Bonchev–Trinajstić information content (AvgIpc) is 2.60. The molecular formula is C20H31N5O3S. The zero-order valence-corrected chi connectivity index (χ0v) is 19.5. The molecule has 2 aromatic heterocycles. The fourth-order valence-electron chi connectivity index (χ4n) is 3.25. The number of aromatic nitrogens is 4. The van der Waals surface area contributed by atoms with Gasteiger partial charge in [-0.2, -0.15) is 0 Å². The number of hydrogen-bond donors (Lipinski definition) is 0. The summed E-state index contributed by atoms with van der Waals surface area (Å²) in [7, 11) is 3.02. The van der Waals surface area contributed by atoms with Gasteiger partial charge in [0.05, 0.1) is 5.75 Å². The topological polar surface area (TPSA) is 90.1 Å². The Labute approximate surface area is 175 Å². The highest BCUT2D eigenvalue weighted by Gasteiger charge is 2.25. The molecule has 0 saturated heterocycles. The van der Waals surface area contributed by atoms with Gasteiger partial charge in [0.15, 0.2) is 5.65 Å². The normalized spacial score (nSPS) is 12.2. The molecule has 29 heavy (non-hydrogen) atoms. The molecule has 1 amide bonds. The molecule has 2 aromatic rings. The lowest BCUT2D eigenvalue weighted by atomic mass is 9.96. The monoisotopic (exact) mass is 421 g/mol. The highest BCUT2D eigenvalue weighted by molar-refractivity contribution is 8.00. The Balaban J connectivity index is 2.64. The van der Waals surface area contributed by atoms with E-state index in [-0.39, 0.29) is 40.2 Å². The molecule has 0 atom stereocenters. The molecule has 0 aromatic carbocycles. The van der Waals surface area contributed by atoms with Gasteiger partial charge >= 0.3 is 5.69 Å². The molecule has 2 heterocycles. The van der Waals surface area contributed by atoms with Gasteiger partial charge in [-0.1, -0.05) is 32.5 Å². The second-order valence-electron chi connectivity index (χ2n) is 8.78. The first-order valence-electron chi connectivity index (χ1n) is 9.69. The van der Waals surface area contributed by atoms with Crippen LogP contribution in [-0.4, -0.2) is 47.7 Å². The second-order valence-corrected chi connectivity index (χ2v) is 9.75. The van der Waals surface area contributed by atoms with Crippen molar-refractivity contribution < 1.29 is 4.79 Å². The van der Waals surface area contributed by atoms with Crippen LogP contribution in [0.4, 0.5) is 0 Å². The van der Waals surface area contributed by atoms with Crippen LogP contribution in [0, 0.1) is 0 Å². The summed E-state index contributed by atoms with van der Waals surface area (Å²) in [5.74, 6) is 0.649. The minimum absolute atomic E-state index is 0.0225. The first-order valence-corrected chi connectivity index (χ1v) is 10.7. The van der Waals surface area contributed by atoms with Crippen LogP contribution in [0.15, 0.2) is 14.6 Å². The molecule has 0 aliphatic carbocycles. The second kappa shape index (κ2) is 8.30. The van der Waals surface area contributed by atoms with Crippen molar-refractivity contribution in [2.24, 2.45) is 14.1 Å². The molecule has 9 heteroatoms. The molecule has 160 valence electrons. The van der Waals surface area contributed by atoms with Crippen molar-refractivity contribution in [1.82, 2.24) is 24.0 Å². The maximum atomic E-state index is 12.8. The molecule has 0 bridgehead atoms. The van der Waals surface area contributed by atoms with Gasteiger partial charge in [-0.3, -0.25) is 18.7 Å². The molecule has 2 rings (SSSR count). The summed E-state index contributed by atoms with van der Waals surface area (Å²) < 4.78 is 2.40. The third kappa shape index (κ3) is 4.55. The van der Waals surface area contributed by atoms with Gasteiger partial charge in [0.25, 0.3) is 5.56 Å². The van der Waals surface area contributed by atoms with E-state index < -0.39 is 11.2 Å². The van der Waals surface area contributed by atoms with Gasteiger partial charge in [0.2, 0.25) is 5.91 Å². The lowest BCUT2D eigenvalue weighted by molar-refractivity contribution is -0.131. The molecule has 0 saturated carbocycles. The largest absolute Gasteiger partial charge is 0.337 e. The number of thioether (sulfide) groups is 1. The lowest BCUT2D eigenvalue weighted by Crippen LogP contribution is -2.43. The number of fused-ring (bicyclic) bond motifs is 1. The Kier molecular flexibility index (Phi) is 6.61. The zero-order valence-electron chi connectivity index (χ0n) is 18.7. The van der Waals surface area contributed by atoms with E-state index in [1.807, 2.05) is 53.4 Å². The average molecular weight is 422 g/mol. The Hall–Kier alpha value is -2.16. The fourth-order valence-corrected chi connectivity index (χ4v) is 4.13. The van der Waals surface area contributed by atoms with Crippen LogP contribution in [0.1, 0.15) is 54.3 Å². The van der Waals surface area contributed by atoms with Gasteiger partial charge in [0.1, 0.15) is 16.2 Å². The van der Waals surface area contributed by atoms with E-state index in [4.69, 9.17) is 0 Å². The van der Waals surface area contributed by atoms with E-state index in [2.05, 4.69) is 9.97 Å². The molecule has 0 spiro atoms. The standard InChI is InChI=1S/C20H31N5O3S/c1-11(2)25(12(3)4)13(26)10-29-16-14-15(21-18(22-16)20(5,6)7)23(8)19(28)24(9)17(14)27/h11-12H,10H2,1-9H3. The Morgan fingerprint density at radius 2 is 1.59 bits per heavy atom. The van der Waals surface area contributed by atoms with E-state index in [1.54, 1.807) is 7.05 Å². The van der Waals surface area contributed by atoms with Crippen LogP contribution in [0.2, 0.25) is 0 Å². The van der Waals surface area contributed by atoms with Gasteiger partial charge in [0, 0.05) is 31.6 Å². The molecular weight excluding hydrogens is 390 g/mol. The number of amides is 1. The number of carbonyl (C=O) groups excluding carboxylic acids is 1. The Morgan fingerprint density at radius 1 is 1.03 bits per heavy atom. The smallest absolute Gasteiger partial charge is 0.332 e. The molecule has 0 fully saturated rings. The summed E-state index contributed by atoms with van der Waals surface area (Å²) in [6.45, 7) is 13.8. The zero-order chi connectivity index (χ0) is 22.3. The molecule has 0 aliphatic rings. The van der Waals surface area contributed by atoms with Crippen LogP contribution in [-0.2, 0) is 24.3 Å². The molecule has 0 N–H and O–H groups in total. The van der Waals surface area contributed by atoms with Gasteiger partial charge < -0.3 is 4.90 Å². The fraction of sp³-hybridized carbons (Fsp3) is 0.650. The maximum Gasteiger partial charge on any atom is 0.332 e. The predicted octanol–water partition coefficient (Wildman–Crippen LogP) is 2.06. The highest BCUT2D eigenvalue weighted by Crippen LogP contribution is 2.27. The van der Waals surface area contributed by atoms with Crippen LogP contribution in [0.5, 0.6) is 0 Å². The highest BCUT2D eigenvalue weighted by atomic mass is 32.2. The minimum Gasteiger partial charge on any atom is -0.337 e. The van der Waals surface area contributed by atoms with E-state index in [0.717, 1.165) is 4.57 Å². The van der Waals surface area contributed by atoms with Gasteiger partial charge in [-0.25, -0.2) is 14.8 Å². The van der Waals surface area contributed by atoms with E-state index in [9.17, 15) is 14.4 Å². The van der Waals surface area contributed by atoms with Crippen LogP contribution in [0.3, 0.4) is 0 Å². The SMILES string of the molecule is CC(C)N(C(=O)CSc1nc(C(C)(C)C)nc2c1c(=O)n(C)c(=O)n2C)C(C)C. The van der Waals surface area contributed by atoms with Crippen molar-refractivity contribution in [3.63, 3.8) is 0 Å². The van der Waals surface area contributed by atoms with Crippen LogP contribution < -0.4 is 11.2 Å². The predicted molar refractivity (Wildman–Crippen MR) is 117 cm³/mol. The number of nitrogens with zero attached hydrogens (tertiary/aromatic N) is 5. The first-order chi connectivity index (χ1) is 13.3. The summed E-state index contributed by atoms with van der Waals surface area (Å²) in [5.41, 5.74) is -0.994. The van der Waals surface area contributed by atoms with Crippen LogP contribution in [0.25, 0.3) is 11.0 Å². The van der Waals surface area contributed by atoms with E-state index in [0.29, 0.717) is 10.9 Å². The lowest BCUT2D eigenvalue weighted by Gasteiger charge is -2.30. The van der Waals surface area contributed by atoms with Gasteiger partial charge in [-0.05, 0) is 27.7 Å². The summed E-state index contributed by atoms with van der Waals surface area (Å²) >= 11 is 1.22. The number of rotatable bonds is 5. The van der Waals surface area contributed by atoms with E-state index in [1.165, 1.54) is 23.4 Å². The third-order valence-electron chi connectivity index (χ3n) is 4.67. The molecule has 0 unspecified atom stereocenters. The summed E-state index contributed by atoms with van der Waals surface area (Å²) in [4.78, 5) is 49.0. The maximum absolute atomic E-state index is 12.8. The Bertz CT molecular complexity index is 1040. The van der Waals surface area contributed by atoms with Crippen molar-refractivity contribution in [3.05, 3.63) is 26.7 Å². The van der Waals surface area contributed by atoms with Gasteiger partial charge in [-0.15, -0.1) is 0 Å². The molecule has 0 aliphatic heterocycles. The third-order valence-corrected chi connectivity index (χ3v) is 5.63. The number of aryl methyl sites for hydroxylation is 1. The van der Waals surface area contributed by atoms with Crippen molar-refractivity contribution in [2.75, 3.05) is 5.75 Å². The van der Waals surface area contributed by atoms with E-state index >= 15 is 0 Å². The minimum atomic E-state index is -0.455. The van der Waals surface area contributed by atoms with Crippen molar-refractivity contribution in [1.29, 1.82) is 0 Å². The number of hydrogen-bond acceptors (Lipinski definition) is 6. The van der Waals surface area contributed by atoms with Crippen molar-refractivity contribution in [3.8, 4) is 0 Å². The summed E-state index contributed by atoms with van der Waals surface area (Å²) in [6, 6.07) is 0.146. The van der Waals surface area contributed by atoms with Crippen molar-refractivity contribution >= 4 is 28.7 Å². The van der Waals surface area contributed by atoms with Crippen LogP contribution >= 0.6 is 11.8 Å². The van der Waals surface area contributed by atoms with Crippen molar-refractivity contribution in [2.45, 2.75) is 71.0 Å². The molecule has 0 radical (unpaired) electrons. The first kappa shape index (κ1) is 23.1. The summed E-state index contributed by atoms with van der Waals surface area (Å²) in [5, 5.41) is 0.693. The molecule has 8 nitrogen and oxygen atoms in total. The summed E-state index contributed by atoms with van der Waals surface area (Å²) in [6.07, 6.45) is 0. The Morgan fingerprint density at radius 3 is 2.07 bits per heavy atom. The number of carbonyl (C=O) groups is 1.